The Hall–Kier alpha value is -4.13. The average Bonchev–Trinajstić information content (AvgIpc) is 3.22. The van der Waals surface area contributed by atoms with Crippen molar-refractivity contribution in [1.29, 1.82) is 0 Å². The van der Waals surface area contributed by atoms with Gasteiger partial charge >= 0.3 is 6.09 Å². The summed E-state index contributed by atoms with van der Waals surface area (Å²) in [5.41, 5.74) is 4.33. The second kappa shape index (κ2) is 11.7. The van der Waals surface area contributed by atoms with Crippen LogP contribution in [0.5, 0.6) is 0 Å². The van der Waals surface area contributed by atoms with Gasteiger partial charge in [0.2, 0.25) is 11.8 Å². The van der Waals surface area contributed by atoms with Crippen LogP contribution in [0, 0.1) is 6.92 Å². The SMILES string of the molecule is CCCC(=O)Nc1ccc([C@@H]2OC(=O)N(Cc3ccc(C)cc3)[C@H]2C(=O)N[C@H](C)c2ccccc2)cc1. The van der Waals surface area contributed by atoms with Crippen LogP contribution in [0.15, 0.2) is 78.9 Å². The maximum absolute atomic E-state index is 13.7. The first kappa shape index (κ1) is 25.9. The van der Waals surface area contributed by atoms with Crippen molar-refractivity contribution >= 4 is 23.6 Å². The summed E-state index contributed by atoms with van der Waals surface area (Å²) in [5, 5.41) is 5.92. The lowest BCUT2D eigenvalue weighted by Gasteiger charge is -2.26. The second-order valence-corrected chi connectivity index (χ2v) is 9.42. The lowest BCUT2D eigenvalue weighted by Crippen LogP contribution is -2.46. The van der Waals surface area contributed by atoms with E-state index in [0.29, 0.717) is 17.7 Å². The van der Waals surface area contributed by atoms with Crippen LogP contribution in [0.25, 0.3) is 0 Å². The number of benzene rings is 3. The molecule has 1 aliphatic rings. The molecule has 1 aliphatic heterocycles. The average molecular weight is 500 g/mol. The molecule has 1 saturated heterocycles. The number of aryl methyl sites for hydroxylation is 1. The first-order chi connectivity index (χ1) is 17.9. The molecule has 4 rings (SSSR count). The molecule has 0 spiro atoms. The van der Waals surface area contributed by atoms with Gasteiger partial charge in [-0.1, -0.05) is 79.2 Å². The van der Waals surface area contributed by atoms with Crippen LogP contribution in [0.4, 0.5) is 10.5 Å². The van der Waals surface area contributed by atoms with Crippen molar-refractivity contribution in [2.24, 2.45) is 0 Å². The van der Waals surface area contributed by atoms with E-state index < -0.39 is 18.2 Å². The molecule has 3 aromatic rings. The third kappa shape index (κ3) is 6.36. The molecular weight excluding hydrogens is 466 g/mol. The van der Waals surface area contributed by atoms with Gasteiger partial charge in [-0.25, -0.2) is 4.79 Å². The van der Waals surface area contributed by atoms with Gasteiger partial charge in [0.15, 0.2) is 12.1 Å². The first-order valence-corrected chi connectivity index (χ1v) is 12.6. The molecule has 3 amide bonds. The van der Waals surface area contributed by atoms with Crippen LogP contribution in [-0.2, 0) is 20.9 Å². The normalized spacial score (nSPS) is 17.7. The Morgan fingerprint density at radius 2 is 1.65 bits per heavy atom. The quantitative estimate of drug-likeness (QED) is 0.397. The lowest BCUT2D eigenvalue weighted by molar-refractivity contribution is -0.127. The Morgan fingerprint density at radius 1 is 0.973 bits per heavy atom. The number of carbonyl (C=O) groups excluding carboxylic acids is 3. The van der Waals surface area contributed by atoms with E-state index in [9.17, 15) is 14.4 Å². The molecule has 2 N–H and O–H groups in total. The molecule has 0 radical (unpaired) electrons. The van der Waals surface area contributed by atoms with Gasteiger partial charge < -0.3 is 15.4 Å². The minimum absolute atomic E-state index is 0.0565. The van der Waals surface area contributed by atoms with Crippen molar-refractivity contribution in [3.05, 3.63) is 101 Å². The van der Waals surface area contributed by atoms with Crippen LogP contribution in [-0.4, -0.2) is 28.8 Å². The standard InChI is InChI=1S/C30H33N3O4/c1-4-8-26(34)32-25-17-15-24(16-18-25)28-27(29(35)31-21(3)23-9-6-5-7-10-23)33(30(36)37-28)19-22-13-11-20(2)12-14-22/h5-7,9-18,21,27-28H,4,8,19H2,1-3H3,(H,31,35)(H,32,34)/t21-,27-,28+/m1/s1. The first-order valence-electron chi connectivity index (χ1n) is 12.6. The van der Waals surface area contributed by atoms with Crippen LogP contribution in [0.1, 0.15) is 61.1 Å². The summed E-state index contributed by atoms with van der Waals surface area (Å²) >= 11 is 0. The van der Waals surface area contributed by atoms with E-state index >= 15 is 0 Å². The highest BCUT2D eigenvalue weighted by molar-refractivity contribution is 5.91. The van der Waals surface area contributed by atoms with Crippen LogP contribution in [0.3, 0.4) is 0 Å². The van der Waals surface area contributed by atoms with E-state index in [-0.39, 0.29) is 24.4 Å². The zero-order valence-electron chi connectivity index (χ0n) is 21.4. The van der Waals surface area contributed by atoms with E-state index in [0.717, 1.165) is 23.1 Å². The molecule has 7 heteroatoms. The Kier molecular flexibility index (Phi) is 8.23. The van der Waals surface area contributed by atoms with Crippen molar-refractivity contribution in [3.8, 4) is 0 Å². The van der Waals surface area contributed by atoms with Crippen molar-refractivity contribution in [2.45, 2.75) is 58.3 Å². The van der Waals surface area contributed by atoms with Gasteiger partial charge in [0, 0.05) is 12.1 Å². The molecule has 3 aromatic carbocycles. The number of hydrogen-bond donors (Lipinski definition) is 2. The topological polar surface area (TPSA) is 87.7 Å². The summed E-state index contributed by atoms with van der Waals surface area (Å²) in [7, 11) is 0. The maximum Gasteiger partial charge on any atom is 0.411 e. The number of anilines is 1. The Balaban J connectivity index is 1.59. The smallest absolute Gasteiger partial charge is 0.411 e. The number of ether oxygens (including phenoxy) is 1. The third-order valence-electron chi connectivity index (χ3n) is 6.49. The number of hydrogen-bond acceptors (Lipinski definition) is 4. The predicted molar refractivity (Wildman–Crippen MR) is 143 cm³/mol. The predicted octanol–water partition coefficient (Wildman–Crippen LogP) is 5.67. The number of nitrogens with zero attached hydrogens (tertiary/aromatic N) is 1. The fraction of sp³-hybridized carbons (Fsp3) is 0.300. The Morgan fingerprint density at radius 3 is 2.30 bits per heavy atom. The van der Waals surface area contributed by atoms with Crippen molar-refractivity contribution in [1.82, 2.24) is 10.2 Å². The summed E-state index contributed by atoms with van der Waals surface area (Å²) in [6.45, 7) is 6.11. The van der Waals surface area contributed by atoms with Crippen LogP contribution >= 0.6 is 0 Å². The molecule has 0 saturated carbocycles. The van der Waals surface area contributed by atoms with Crippen molar-refractivity contribution in [2.75, 3.05) is 5.32 Å². The highest BCUT2D eigenvalue weighted by Crippen LogP contribution is 2.35. The minimum Gasteiger partial charge on any atom is -0.438 e. The Bertz CT molecular complexity index is 1230. The number of carbonyl (C=O) groups is 3. The summed E-state index contributed by atoms with van der Waals surface area (Å²) in [6, 6.07) is 23.5. The Labute approximate surface area is 217 Å². The molecular formula is C30H33N3O4. The molecule has 3 atom stereocenters. The summed E-state index contributed by atoms with van der Waals surface area (Å²) in [4.78, 5) is 40.1. The zero-order valence-corrected chi connectivity index (χ0v) is 21.4. The number of nitrogens with one attached hydrogen (secondary N) is 2. The van der Waals surface area contributed by atoms with Crippen LogP contribution in [0.2, 0.25) is 0 Å². The van der Waals surface area contributed by atoms with Gasteiger partial charge in [0.1, 0.15) is 0 Å². The minimum atomic E-state index is -0.861. The number of cyclic esters (lactones) is 1. The molecule has 0 unspecified atom stereocenters. The fourth-order valence-electron chi connectivity index (χ4n) is 4.43. The highest BCUT2D eigenvalue weighted by atomic mass is 16.6. The van der Waals surface area contributed by atoms with Crippen molar-refractivity contribution in [3.63, 3.8) is 0 Å². The van der Waals surface area contributed by atoms with Gasteiger partial charge in [0.25, 0.3) is 0 Å². The molecule has 0 aromatic heterocycles. The van der Waals surface area contributed by atoms with Gasteiger partial charge in [0.05, 0.1) is 12.6 Å². The maximum atomic E-state index is 13.7. The van der Waals surface area contributed by atoms with Crippen LogP contribution < -0.4 is 10.6 Å². The van der Waals surface area contributed by atoms with E-state index in [4.69, 9.17) is 4.74 Å². The summed E-state index contributed by atoms with van der Waals surface area (Å²) in [6.07, 6.45) is -0.130. The molecule has 37 heavy (non-hydrogen) atoms. The van der Waals surface area contributed by atoms with E-state index in [1.165, 1.54) is 4.90 Å². The molecule has 1 heterocycles. The van der Waals surface area contributed by atoms with Gasteiger partial charge in [-0.15, -0.1) is 0 Å². The second-order valence-electron chi connectivity index (χ2n) is 9.42. The van der Waals surface area contributed by atoms with E-state index in [1.54, 1.807) is 24.3 Å². The molecule has 1 fully saturated rings. The monoisotopic (exact) mass is 499 g/mol. The van der Waals surface area contributed by atoms with E-state index in [2.05, 4.69) is 10.6 Å². The number of amides is 3. The third-order valence-corrected chi connectivity index (χ3v) is 6.49. The van der Waals surface area contributed by atoms with Gasteiger partial charge in [-0.05, 0) is 49.1 Å². The van der Waals surface area contributed by atoms with Gasteiger partial charge in [-0.2, -0.15) is 0 Å². The molecule has 0 bridgehead atoms. The zero-order chi connectivity index (χ0) is 26.4. The van der Waals surface area contributed by atoms with Crippen molar-refractivity contribution < 1.29 is 19.1 Å². The summed E-state index contributed by atoms with van der Waals surface area (Å²) in [5.74, 6) is -0.349. The molecule has 7 nitrogen and oxygen atoms in total. The largest absolute Gasteiger partial charge is 0.438 e. The van der Waals surface area contributed by atoms with Gasteiger partial charge in [-0.3, -0.25) is 14.5 Å². The lowest BCUT2D eigenvalue weighted by atomic mass is 9.99. The number of rotatable bonds is 9. The molecule has 0 aliphatic carbocycles. The fourth-order valence-corrected chi connectivity index (χ4v) is 4.43. The van der Waals surface area contributed by atoms with E-state index in [1.807, 2.05) is 75.4 Å². The molecule has 192 valence electrons. The highest BCUT2D eigenvalue weighted by Gasteiger charge is 2.47. The summed E-state index contributed by atoms with van der Waals surface area (Å²) < 4.78 is 5.78.